The van der Waals surface area contributed by atoms with Gasteiger partial charge in [-0.1, -0.05) is 27.5 Å². The first-order valence-electron chi connectivity index (χ1n) is 5.63. The van der Waals surface area contributed by atoms with Crippen molar-refractivity contribution in [3.8, 4) is 0 Å². The van der Waals surface area contributed by atoms with E-state index in [0.29, 0.717) is 23.2 Å². The Morgan fingerprint density at radius 3 is 2.94 bits per heavy atom. The lowest BCUT2D eigenvalue weighted by molar-refractivity contribution is 0.0950. The van der Waals surface area contributed by atoms with Crippen molar-refractivity contribution in [2.45, 2.75) is 18.9 Å². The summed E-state index contributed by atoms with van der Waals surface area (Å²) in [5.41, 5.74) is 0.521. The third-order valence-electron chi connectivity index (χ3n) is 2.85. The molecule has 1 aromatic rings. The standard InChI is InChI=1S/C12H14BrClN2O.ClH/c13-8-3-4-10(11(14)6-8)12(17)16-7-9-2-1-5-15-9;/h3-4,6,9,15H,1-2,5,7H2,(H,16,17);1H. The predicted octanol–water partition coefficient (Wildman–Crippen LogP) is 3.01. The lowest BCUT2D eigenvalue weighted by Gasteiger charge is -2.12. The maximum absolute atomic E-state index is 11.9. The van der Waals surface area contributed by atoms with Gasteiger partial charge in [0.1, 0.15) is 0 Å². The Labute approximate surface area is 126 Å². The van der Waals surface area contributed by atoms with Crippen LogP contribution in [0.5, 0.6) is 0 Å². The van der Waals surface area contributed by atoms with E-state index in [1.165, 1.54) is 6.42 Å². The molecule has 1 atom stereocenters. The summed E-state index contributed by atoms with van der Waals surface area (Å²) in [5.74, 6) is -0.115. The van der Waals surface area contributed by atoms with Crippen LogP contribution in [0.4, 0.5) is 0 Å². The van der Waals surface area contributed by atoms with E-state index >= 15 is 0 Å². The molecule has 1 heterocycles. The van der Waals surface area contributed by atoms with E-state index in [0.717, 1.165) is 17.4 Å². The number of benzene rings is 1. The molecule has 0 saturated carbocycles. The van der Waals surface area contributed by atoms with E-state index in [-0.39, 0.29) is 18.3 Å². The maximum atomic E-state index is 11.9. The molecule has 2 N–H and O–H groups in total. The zero-order chi connectivity index (χ0) is 12.3. The molecule has 1 aliphatic rings. The quantitative estimate of drug-likeness (QED) is 0.876. The highest BCUT2D eigenvalue weighted by atomic mass is 79.9. The van der Waals surface area contributed by atoms with Gasteiger partial charge >= 0.3 is 0 Å². The average Bonchev–Trinajstić information content (AvgIpc) is 2.78. The Hall–Kier alpha value is -0.290. The van der Waals surface area contributed by atoms with Gasteiger partial charge in [-0.05, 0) is 37.6 Å². The molecule has 1 aliphatic heterocycles. The summed E-state index contributed by atoms with van der Waals surface area (Å²) < 4.78 is 0.872. The van der Waals surface area contributed by atoms with Crippen LogP contribution in [0.25, 0.3) is 0 Å². The number of nitrogens with one attached hydrogen (secondary N) is 2. The van der Waals surface area contributed by atoms with Crippen molar-refractivity contribution in [2.75, 3.05) is 13.1 Å². The number of hydrogen-bond donors (Lipinski definition) is 2. The van der Waals surface area contributed by atoms with Crippen LogP contribution >= 0.6 is 39.9 Å². The van der Waals surface area contributed by atoms with Crippen LogP contribution in [0.2, 0.25) is 5.02 Å². The smallest absolute Gasteiger partial charge is 0.252 e. The summed E-state index contributed by atoms with van der Waals surface area (Å²) in [5, 5.41) is 6.70. The highest BCUT2D eigenvalue weighted by Crippen LogP contribution is 2.21. The molecule has 0 spiro atoms. The number of rotatable bonds is 3. The van der Waals surface area contributed by atoms with Crippen LogP contribution in [0, 0.1) is 0 Å². The highest BCUT2D eigenvalue weighted by Gasteiger charge is 2.16. The molecule has 1 unspecified atom stereocenters. The first kappa shape index (κ1) is 15.8. The Morgan fingerprint density at radius 1 is 1.56 bits per heavy atom. The summed E-state index contributed by atoms with van der Waals surface area (Å²) in [6, 6.07) is 5.66. The van der Waals surface area contributed by atoms with Gasteiger partial charge in [-0.2, -0.15) is 0 Å². The lowest BCUT2D eigenvalue weighted by Crippen LogP contribution is -2.37. The minimum absolute atomic E-state index is 0. The van der Waals surface area contributed by atoms with Crippen LogP contribution in [-0.2, 0) is 0 Å². The fraction of sp³-hybridized carbons (Fsp3) is 0.417. The molecule has 2 rings (SSSR count). The summed E-state index contributed by atoms with van der Waals surface area (Å²) in [6.45, 7) is 1.70. The number of carbonyl (C=O) groups excluding carboxylic acids is 1. The van der Waals surface area contributed by atoms with E-state index < -0.39 is 0 Å². The topological polar surface area (TPSA) is 41.1 Å². The number of carbonyl (C=O) groups is 1. The zero-order valence-electron chi connectivity index (χ0n) is 9.71. The maximum Gasteiger partial charge on any atom is 0.252 e. The van der Waals surface area contributed by atoms with Crippen molar-refractivity contribution in [2.24, 2.45) is 0 Å². The van der Waals surface area contributed by atoms with E-state index in [1.54, 1.807) is 12.1 Å². The second kappa shape index (κ2) is 7.34. The Balaban J connectivity index is 0.00000162. The molecule has 100 valence electrons. The van der Waals surface area contributed by atoms with Crippen molar-refractivity contribution in [3.63, 3.8) is 0 Å². The number of hydrogen-bond acceptors (Lipinski definition) is 2. The molecule has 1 saturated heterocycles. The first-order valence-corrected chi connectivity index (χ1v) is 6.80. The van der Waals surface area contributed by atoms with Gasteiger partial charge in [0.05, 0.1) is 10.6 Å². The van der Waals surface area contributed by atoms with Gasteiger partial charge in [0.15, 0.2) is 0 Å². The summed E-state index contributed by atoms with van der Waals surface area (Å²) in [6.07, 6.45) is 2.30. The van der Waals surface area contributed by atoms with Crippen molar-refractivity contribution in [3.05, 3.63) is 33.3 Å². The summed E-state index contributed by atoms with van der Waals surface area (Å²) in [7, 11) is 0. The summed E-state index contributed by atoms with van der Waals surface area (Å²) >= 11 is 9.33. The number of halogens is 3. The second-order valence-corrected chi connectivity index (χ2v) is 5.45. The normalized spacial score (nSPS) is 18.2. The third-order valence-corrected chi connectivity index (χ3v) is 3.65. The molecule has 3 nitrogen and oxygen atoms in total. The Morgan fingerprint density at radius 2 is 2.33 bits per heavy atom. The van der Waals surface area contributed by atoms with Crippen LogP contribution in [0.1, 0.15) is 23.2 Å². The molecule has 6 heteroatoms. The SMILES string of the molecule is Cl.O=C(NCC1CCCN1)c1ccc(Br)cc1Cl. The van der Waals surface area contributed by atoms with E-state index in [9.17, 15) is 4.79 Å². The average molecular weight is 354 g/mol. The lowest BCUT2D eigenvalue weighted by atomic mass is 10.2. The van der Waals surface area contributed by atoms with Crippen molar-refractivity contribution in [1.29, 1.82) is 0 Å². The fourth-order valence-electron chi connectivity index (χ4n) is 1.92. The van der Waals surface area contributed by atoms with Gasteiger partial charge < -0.3 is 10.6 Å². The molecular weight excluding hydrogens is 339 g/mol. The Kier molecular flexibility index (Phi) is 6.43. The van der Waals surface area contributed by atoms with Gasteiger partial charge in [0.2, 0.25) is 0 Å². The summed E-state index contributed by atoms with van der Waals surface area (Å²) in [4.78, 5) is 11.9. The van der Waals surface area contributed by atoms with Crippen LogP contribution in [0.15, 0.2) is 22.7 Å². The van der Waals surface area contributed by atoms with E-state index in [1.807, 2.05) is 6.07 Å². The molecule has 1 amide bonds. The molecule has 0 bridgehead atoms. The molecular formula is C12H15BrCl2N2O. The molecule has 1 aromatic carbocycles. The van der Waals surface area contributed by atoms with Gasteiger partial charge in [-0.3, -0.25) is 4.79 Å². The monoisotopic (exact) mass is 352 g/mol. The molecule has 18 heavy (non-hydrogen) atoms. The van der Waals surface area contributed by atoms with Crippen molar-refractivity contribution < 1.29 is 4.79 Å². The van der Waals surface area contributed by atoms with Crippen LogP contribution in [0.3, 0.4) is 0 Å². The van der Waals surface area contributed by atoms with Gasteiger partial charge in [-0.25, -0.2) is 0 Å². The minimum atomic E-state index is -0.115. The van der Waals surface area contributed by atoms with Gasteiger partial charge in [0, 0.05) is 17.1 Å². The van der Waals surface area contributed by atoms with Gasteiger partial charge in [0.25, 0.3) is 5.91 Å². The first-order chi connectivity index (χ1) is 8.16. The Bertz CT molecular complexity index is 423. The van der Waals surface area contributed by atoms with E-state index in [4.69, 9.17) is 11.6 Å². The molecule has 0 aliphatic carbocycles. The highest BCUT2D eigenvalue weighted by molar-refractivity contribution is 9.10. The molecule has 0 radical (unpaired) electrons. The largest absolute Gasteiger partial charge is 0.350 e. The minimum Gasteiger partial charge on any atom is -0.350 e. The second-order valence-electron chi connectivity index (χ2n) is 4.13. The fourth-order valence-corrected chi connectivity index (χ4v) is 2.67. The molecule has 0 aromatic heterocycles. The molecule has 1 fully saturated rings. The predicted molar refractivity (Wildman–Crippen MR) is 79.8 cm³/mol. The van der Waals surface area contributed by atoms with Crippen LogP contribution < -0.4 is 10.6 Å². The van der Waals surface area contributed by atoms with Crippen molar-refractivity contribution >= 4 is 45.8 Å². The number of amides is 1. The van der Waals surface area contributed by atoms with E-state index in [2.05, 4.69) is 26.6 Å². The zero-order valence-corrected chi connectivity index (χ0v) is 12.9. The van der Waals surface area contributed by atoms with Crippen molar-refractivity contribution in [1.82, 2.24) is 10.6 Å². The third kappa shape index (κ3) is 4.12. The van der Waals surface area contributed by atoms with Gasteiger partial charge in [-0.15, -0.1) is 12.4 Å². The van der Waals surface area contributed by atoms with Crippen LogP contribution in [-0.4, -0.2) is 25.0 Å².